The summed E-state index contributed by atoms with van der Waals surface area (Å²) in [6.07, 6.45) is 0. The molecule has 0 bridgehead atoms. The average molecular weight is 710 g/mol. The first kappa shape index (κ1) is 15.1. The molecule has 2 nitrogen and oxygen atoms in total. The molecule has 54 heavy (non-hydrogen) atoms. The molecular weight excluding hydrogens is 657 g/mol. The van der Waals surface area contributed by atoms with Crippen LogP contribution in [0.1, 0.15) is 31.5 Å². The van der Waals surface area contributed by atoms with Crippen molar-refractivity contribution in [3.63, 3.8) is 0 Å². The molecule has 250 valence electrons. The number of benzene rings is 10. The minimum Gasteiger partial charge on any atom is -0.456 e. The second-order valence-corrected chi connectivity index (χ2v) is 12.5. The summed E-state index contributed by atoms with van der Waals surface area (Å²) in [7, 11) is 0. The van der Waals surface area contributed by atoms with Crippen molar-refractivity contribution in [2.24, 2.45) is 0 Å². The summed E-state index contributed by atoms with van der Waals surface area (Å²) in [5.74, 6) is 0. The van der Waals surface area contributed by atoms with Gasteiger partial charge in [-0.1, -0.05) is 145 Å². The lowest BCUT2D eigenvalue weighted by Crippen LogP contribution is -1.92. The molecule has 12 aromatic rings. The van der Waals surface area contributed by atoms with Gasteiger partial charge in [0.15, 0.2) is 0 Å². The third kappa shape index (κ3) is 4.17. The van der Waals surface area contributed by atoms with Crippen molar-refractivity contribution in [3.8, 4) is 33.4 Å². The van der Waals surface area contributed by atoms with Crippen LogP contribution >= 0.6 is 0 Å². The summed E-state index contributed by atoms with van der Waals surface area (Å²) < 4.78 is 223. The highest BCUT2D eigenvalue weighted by molar-refractivity contribution is 6.26. The number of rotatable bonds is 3. The Kier molecular flexibility index (Phi) is 3.12. The Morgan fingerprint density at radius 2 is 0.944 bits per heavy atom. The van der Waals surface area contributed by atoms with Gasteiger partial charge in [0.1, 0.15) is 22.3 Å². The van der Waals surface area contributed by atoms with Crippen LogP contribution in [0, 0.1) is 0 Å². The second kappa shape index (κ2) is 11.2. The quantitative estimate of drug-likeness (QED) is 0.171. The van der Waals surface area contributed by atoms with Gasteiger partial charge in [0.2, 0.25) is 0 Å². The summed E-state index contributed by atoms with van der Waals surface area (Å²) >= 11 is 0. The highest BCUT2D eigenvalue weighted by Gasteiger charge is 2.20. The molecule has 0 saturated heterocycles. The number of fused-ring (bicyclic) bond motifs is 11. The summed E-state index contributed by atoms with van der Waals surface area (Å²) in [5, 5.41) is -2.42. The van der Waals surface area contributed by atoms with Gasteiger partial charge in [-0.25, -0.2) is 0 Å². The second-order valence-electron chi connectivity index (χ2n) is 12.5. The van der Waals surface area contributed by atoms with Crippen molar-refractivity contribution in [3.05, 3.63) is 181 Å². The fraction of sp³-hybridized carbons (Fsp3) is 0. The zero-order chi connectivity index (χ0) is 55.3. The summed E-state index contributed by atoms with van der Waals surface area (Å²) in [4.78, 5) is 0. The van der Waals surface area contributed by atoms with Crippen LogP contribution in [0.25, 0.3) is 120 Å². The molecule has 0 aliphatic rings. The minimum atomic E-state index is -0.935. The summed E-state index contributed by atoms with van der Waals surface area (Å²) in [5.41, 5.74) is -3.98. The normalized spacial score (nSPS) is 18.0. The van der Waals surface area contributed by atoms with Gasteiger partial charge in [-0.3, -0.25) is 0 Å². The van der Waals surface area contributed by atoms with E-state index in [1.165, 1.54) is 0 Å². The standard InChI is InChI=1S/C52H30O2/c1-2-14-35-31(11-1)12-9-21-38(35)50-41-17-5-3-15-39(41)49(40-16-4-6-18-42(40)50)34-24-25-37-32(29-34)13-10-20-36(37)33-23-26-44-48(30-33)54-47-28-27-46-51(52(44)47)43-19-7-8-22-45(43)53-46/h1-30H/i3D,4D,5D,6D,7D,8D,10D,13D,15D,16D,17D,18D,19D,20D,22D,23D,24D,25D,26D,27D,28D,29D,30D. The number of furan rings is 2. The van der Waals surface area contributed by atoms with Crippen molar-refractivity contribution < 1.29 is 40.4 Å². The monoisotopic (exact) mass is 709 g/mol. The van der Waals surface area contributed by atoms with Crippen molar-refractivity contribution >= 4 is 87.0 Å². The van der Waals surface area contributed by atoms with Crippen LogP contribution in [-0.4, -0.2) is 0 Å². The SMILES string of the molecule is [2H]c1c([2H])c([2H])c2c(oc3c([2H])c([2H])c4oc5c([2H])c(-c6c([2H])c([2H])c([2H])c7c([2H])c(-c8c9c([2H])c([2H])c([2H])c([2H])c9c(-c9cccc%10ccccc9%10)c9c([2H])c([2H])c([2H])c([2H])c89)c([2H])c([2H])c67)c([2H])c([2H])c5c4c32)c1[2H]. The zero-order valence-corrected chi connectivity index (χ0v) is 27.4. The molecular formula is C52H30O2. The highest BCUT2D eigenvalue weighted by atomic mass is 16.3. The maximum absolute atomic E-state index is 9.98. The van der Waals surface area contributed by atoms with Crippen LogP contribution < -0.4 is 0 Å². The van der Waals surface area contributed by atoms with Crippen molar-refractivity contribution in [2.75, 3.05) is 0 Å². The Hall–Kier alpha value is -7.16. The van der Waals surface area contributed by atoms with Crippen molar-refractivity contribution in [1.82, 2.24) is 0 Å². The summed E-state index contributed by atoms with van der Waals surface area (Å²) in [6, 6.07) is -5.47. The zero-order valence-electron chi connectivity index (χ0n) is 50.4. The first-order valence-corrected chi connectivity index (χ1v) is 16.6. The predicted octanol–water partition coefficient (Wildman–Crippen LogP) is 15.1. The fourth-order valence-electron chi connectivity index (χ4n) is 7.43. The maximum atomic E-state index is 9.98. The van der Waals surface area contributed by atoms with Crippen molar-refractivity contribution in [2.45, 2.75) is 0 Å². The molecule has 0 atom stereocenters. The van der Waals surface area contributed by atoms with E-state index in [0.29, 0.717) is 16.3 Å². The number of hydrogen-bond acceptors (Lipinski definition) is 2. The molecule has 0 saturated carbocycles. The molecule has 0 spiro atoms. The van der Waals surface area contributed by atoms with Gasteiger partial charge in [0, 0.05) is 21.5 Å². The van der Waals surface area contributed by atoms with Crippen LogP contribution in [0.5, 0.6) is 0 Å². The minimum absolute atomic E-state index is 0.0315. The molecule has 0 aliphatic carbocycles. The Balaban J connectivity index is 1.26. The van der Waals surface area contributed by atoms with Gasteiger partial charge in [-0.15, -0.1) is 0 Å². The lowest BCUT2D eigenvalue weighted by atomic mass is 9.84. The van der Waals surface area contributed by atoms with Crippen LogP contribution in [0.2, 0.25) is 0 Å². The Bertz CT molecular complexity index is 4760. The summed E-state index contributed by atoms with van der Waals surface area (Å²) in [6.45, 7) is 0. The van der Waals surface area contributed by atoms with Gasteiger partial charge in [-0.05, 0) is 113 Å². The van der Waals surface area contributed by atoms with Crippen LogP contribution in [-0.2, 0) is 0 Å². The van der Waals surface area contributed by atoms with Gasteiger partial charge in [-0.2, -0.15) is 0 Å². The van der Waals surface area contributed by atoms with E-state index in [1.807, 2.05) is 0 Å². The largest absolute Gasteiger partial charge is 0.456 e. The first-order chi connectivity index (χ1) is 36.4. The van der Waals surface area contributed by atoms with E-state index >= 15 is 0 Å². The topological polar surface area (TPSA) is 26.3 Å². The molecule has 0 amide bonds. The fourth-order valence-corrected chi connectivity index (χ4v) is 7.43. The molecule has 10 aromatic carbocycles. The smallest absolute Gasteiger partial charge is 0.136 e. The highest BCUT2D eigenvalue weighted by Crippen LogP contribution is 2.46. The van der Waals surface area contributed by atoms with E-state index in [1.54, 1.807) is 42.5 Å². The van der Waals surface area contributed by atoms with E-state index in [2.05, 4.69) is 0 Å². The van der Waals surface area contributed by atoms with E-state index < -0.39 is 194 Å². The molecule has 12 rings (SSSR count). The van der Waals surface area contributed by atoms with Crippen LogP contribution in [0.4, 0.5) is 0 Å². The van der Waals surface area contributed by atoms with E-state index in [9.17, 15) is 16.4 Å². The van der Waals surface area contributed by atoms with E-state index in [4.69, 9.17) is 23.9 Å². The molecule has 0 unspecified atom stereocenters. The average Bonchev–Trinajstić information content (AvgIpc) is 4.26. The van der Waals surface area contributed by atoms with Crippen LogP contribution in [0.15, 0.2) is 190 Å². The van der Waals surface area contributed by atoms with Gasteiger partial charge in [0.25, 0.3) is 0 Å². The Labute approximate surface area is 342 Å². The van der Waals surface area contributed by atoms with Gasteiger partial charge in [0.05, 0.1) is 31.5 Å². The van der Waals surface area contributed by atoms with Crippen molar-refractivity contribution in [1.29, 1.82) is 0 Å². The molecule has 0 radical (unpaired) electrons. The van der Waals surface area contributed by atoms with Crippen LogP contribution in [0.3, 0.4) is 0 Å². The molecule has 0 fully saturated rings. The Morgan fingerprint density at radius 1 is 0.333 bits per heavy atom. The number of para-hydroxylation sites is 1. The van der Waals surface area contributed by atoms with E-state index in [-0.39, 0.29) is 49.0 Å². The molecule has 0 aliphatic heterocycles. The first-order valence-electron chi connectivity index (χ1n) is 28.1. The molecule has 2 aromatic heterocycles. The van der Waals surface area contributed by atoms with E-state index in [0.717, 1.165) is 0 Å². The lowest BCUT2D eigenvalue weighted by Gasteiger charge is -2.19. The molecule has 0 N–H and O–H groups in total. The molecule has 2 heteroatoms. The maximum Gasteiger partial charge on any atom is 0.136 e. The molecule has 2 heterocycles. The lowest BCUT2D eigenvalue weighted by molar-refractivity contribution is 0.663. The van der Waals surface area contributed by atoms with Gasteiger partial charge < -0.3 is 8.83 Å². The Morgan fingerprint density at radius 3 is 1.72 bits per heavy atom. The van der Waals surface area contributed by atoms with Gasteiger partial charge >= 0.3 is 0 Å². The third-order valence-electron chi connectivity index (χ3n) is 9.70. The predicted molar refractivity (Wildman–Crippen MR) is 227 cm³/mol. The number of hydrogen-bond donors (Lipinski definition) is 0. The third-order valence-corrected chi connectivity index (χ3v) is 9.70.